The van der Waals surface area contributed by atoms with Gasteiger partial charge >= 0.3 is 0 Å². The quantitative estimate of drug-likeness (QED) is 0.880. The number of carbonyl (C=O) groups excluding carboxylic acids is 1. The molecule has 0 radical (unpaired) electrons. The third kappa shape index (κ3) is 2.59. The highest BCUT2D eigenvalue weighted by Crippen LogP contribution is 2.22. The van der Waals surface area contributed by atoms with Gasteiger partial charge in [0.1, 0.15) is 5.69 Å². The molecule has 5 heteroatoms. The molecular formula is C16H18N4O. The van der Waals surface area contributed by atoms with E-state index in [9.17, 15) is 4.79 Å². The first-order valence-corrected chi connectivity index (χ1v) is 7.10. The van der Waals surface area contributed by atoms with Gasteiger partial charge in [-0.2, -0.15) is 5.10 Å². The Morgan fingerprint density at radius 2 is 2.14 bits per heavy atom. The smallest absolute Gasteiger partial charge is 0.272 e. The third-order valence-electron chi connectivity index (χ3n) is 3.72. The minimum Gasteiger partial charge on any atom is -0.327 e. The lowest BCUT2D eigenvalue weighted by Crippen LogP contribution is -2.39. The van der Waals surface area contributed by atoms with Gasteiger partial charge in [-0.1, -0.05) is 26.0 Å². The van der Waals surface area contributed by atoms with Crippen molar-refractivity contribution in [2.45, 2.75) is 19.9 Å². The number of aromatic nitrogens is 3. The molecule has 0 unspecified atom stereocenters. The van der Waals surface area contributed by atoms with Crippen LogP contribution in [0.5, 0.6) is 0 Å². The van der Waals surface area contributed by atoms with Gasteiger partial charge in [0.2, 0.25) is 0 Å². The second-order valence-electron chi connectivity index (χ2n) is 5.52. The maximum Gasteiger partial charge on any atom is 0.272 e. The van der Waals surface area contributed by atoms with Crippen molar-refractivity contribution in [3.63, 3.8) is 0 Å². The highest BCUT2D eigenvalue weighted by Gasteiger charge is 2.28. The summed E-state index contributed by atoms with van der Waals surface area (Å²) in [4.78, 5) is 18.5. The first kappa shape index (κ1) is 13.5. The number of nitrogens with zero attached hydrogens (tertiary/aromatic N) is 3. The molecule has 0 saturated heterocycles. The lowest BCUT2D eigenvalue weighted by atomic mass is 10.0. The van der Waals surface area contributed by atoms with Crippen LogP contribution < -0.4 is 0 Å². The number of amides is 1. The van der Waals surface area contributed by atoms with Gasteiger partial charge < -0.3 is 4.90 Å². The average Bonchev–Trinajstić information content (AvgIpc) is 3.17. The summed E-state index contributed by atoms with van der Waals surface area (Å²) in [6, 6.07) is 5.70. The molecule has 0 aromatic carbocycles. The zero-order valence-corrected chi connectivity index (χ0v) is 12.2. The van der Waals surface area contributed by atoms with E-state index in [4.69, 9.17) is 0 Å². The normalized spacial score (nSPS) is 17.7. The third-order valence-corrected chi connectivity index (χ3v) is 3.72. The van der Waals surface area contributed by atoms with Crippen molar-refractivity contribution < 1.29 is 4.79 Å². The topological polar surface area (TPSA) is 61.9 Å². The molecule has 2 aromatic rings. The summed E-state index contributed by atoms with van der Waals surface area (Å²) in [5.41, 5.74) is 2.23. The molecule has 1 N–H and O–H groups in total. The highest BCUT2D eigenvalue weighted by molar-refractivity contribution is 5.94. The van der Waals surface area contributed by atoms with Crippen molar-refractivity contribution in [3.05, 3.63) is 48.4 Å². The van der Waals surface area contributed by atoms with Gasteiger partial charge in [-0.3, -0.25) is 14.9 Å². The summed E-state index contributed by atoms with van der Waals surface area (Å²) in [6.45, 7) is 4.90. The molecule has 0 bridgehead atoms. The minimum atomic E-state index is -0.00786. The fourth-order valence-corrected chi connectivity index (χ4v) is 2.60. The lowest BCUT2D eigenvalue weighted by molar-refractivity contribution is 0.0714. The van der Waals surface area contributed by atoms with Crippen LogP contribution in [-0.4, -0.2) is 38.6 Å². The van der Waals surface area contributed by atoms with Crippen molar-refractivity contribution >= 4 is 5.91 Å². The summed E-state index contributed by atoms with van der Waals surface area (Å²) in [5, 5.41) is 7.08. The molecule has 5 nitrogen and oxygen atoms in total. The number of H-pyrrole nitrogens is 1. The van der Waals surface area contributed by atoms with Crippen LogP contribution in [0.25, 0.3) is 11.3 Å². The van der Waals surface area contributed by atoms with E-state index in [0.29, 0.717) is 18.2 Å². The Morgan fingerprint density at radius 1 is 1.38 bits per heavy atom. The van der Waals surface area contributed by atoms with Crippen molar-refractivity contribution in [1.82, 2.24) is 20.1 Å². The van der Waals surface area contributed by atoms with Gasteiger partial charge in [-0.05, 0) is 24.1 Å². The van der Waals surface area contributed by atoms with E-state index in [0.717, 1.165) is 11.3 Å². The van der Waals surface area contributed by atoms with E-state index in [2.05, 4.69) is 35.1 Å². The molecule has 21 heavy (non-hydrogen) atoms. The van der Waals surface area contributed by atoms with Gasteiger partial charge in [-0.25, -0.2) is 0 Å². The van der Waals surface area contributed by atoms with E-state index in [1.165, 1.54) is 0 Å². The zero-order valence-electron chi connectivity index (χ0n) is 12.2. The Bertz CT molecular complexity index is 660. The second-order valence-corrected chi connectivity index (χ2v) is 5.52. The number of aromatic amines is 1. The Morgan fingerprint density at radius 3 is 2.86 bits per heavy atom. The number of carbonyl (C=O) groups is 1. The molecule has 108 valence electrons. The lowest BCUT2D eigenvalue weighted by Gasteiger charge is -2.26. The van der Waals surface area contributed by atoms with E-state index >= 15 is 0 Å². The van der Waals surface area contributed by atoms with Gasteiger partial charge in [0, 0.05) is 24.5 Å². The molecule has 1 amide bonds. The molecule has 1 aliphatic heterocycles. The summed E-state index contributed by atoms with van der Waals surface area (Å²) in [5.74, 6) is 0.391. The molecule has 0 saturated carbocycles. The Labute approximate surface area is 123 Å². The van der Waals surface area contributed by atoms with E-state index < -0.39 is 0 Å². The number of rotatable bonds is 3. The predicted octanol–water partition coefficient (Wildman–Crippen LogP) is 2.51. The van der Waals surface area contributed by atoms with Crippen LogP contribution in [0.2, 0.25) is 0 Å². The fraction of sp³-hybridized carbons (Fsp3) is 0.312. The maximum absolute atomic E-state index is 12.6. The molecular weight excluding hydrogens is 264 g/mol. The summed E-state index contributed by atoms with van der Waals surface area (Å²) in [6.07, 6.45) is 7.57. The number of hydrogen-bond acceptors (Lipinski definition) is 3. The van der Waals surface area contributed by atoms with E-state index in [1.54, 1.807) is 18.5 Å². The first-order valence-electron chi connectivity index (χ1n) is 7.10. The molecule has 2 aromatic heterocycles. The van der Waals surface area contributed by atoms with Crippen molar-refractivity contribution in [3.8, 4) is 11.3 Å². The number of pyridine rings is 1. The first-order chi connectivity index (χ1) is 10.2. The SMILES string of the molecule is CC(C)[C@H]1C=CCN1C(=O)c1cc(-c2ccncc2)n[nH]1. The van der Waals surface area contributed by atoms with Crippen LogP contribution in [0, 0.1) is 5.92 Å². The van der Waals surface area contributed by atoms with Gasteiger partial charge in [0.05, 0.1) is 11.7 Å². The average molecular weight is 282 g/mol. The van der Waals surface area contributed by atoms with Crippen LogP contribution >= 0.6 is 0 Å². The van der Waals surface area contributed by atoms with Crippen LogP contribution in [-0.2, 0) is 0 Å². The van der Waals surface area contributed by atoms with Crippen molar-refractivity contribution in [2.24, 2.45) is 5.92 Å². The Hall–Kier alpha value is -2.43. The summed E-state index contributed by atoms with van der Waals surface area (Å²) in [7, 11) is 0. The second kappa shape index (κ2) is 5.52. The monoisotopic (exact) mass is 282 g/mol. The predicted molar refractivity (Wildman–Crippen MR) is 80.6 cm³/mol. The Kier molecular flexibility index (Phi) is 3.56. The molecule has 0 fully saturated rings. The van der Waals surface area contributed by atoms with Gasteiger partial charge in [0.15, 0.2) is 0 Å². The highest BCUT2D eigenvalue weighted by atomic mass is 16.2. The number of nitrogens with one attached hydrogen (secondary N) is 1. The molecule has 1 aliphatic rings. The van der Waals surface area contributed by atoms with Crippen LogP contribution in [0.3, 0.4) is 0 Å². The summed E-state index contributed by atoms with van der Waals surface area (Å²) >= 11 is 0. The largest absolute Gasteiger partial charge is 0.327 e. The van der Waals surface area contributed by atoms with E-state index in [-0.39, 0.29) is 11.9 Å². The van der Waals surface area contributed by atoms with E-state index in [1.807, 2.05) is 23.1 Å². The molecule has 3 rings (SSSR count). The minimum absolute atomic E-state index is 0.00786. The van der Waals surface area contributed by atoms with Crippen LogP contribution in [0.15, 0.2) is 42.7 Å². The van der Waals surface area contributed by atoms with Crippen molar-refractivity contribution in [2.75, 3.05) is 6.54 Å². The zero-order chi connectivity index (χ0) is 14.8. The maximum atomic E-state index is 12.6. The molecule has 0 spiro atoms. The Balaban J connectivity index is 1.82. The van der Waals surface area contributed by atoms with Crippen molar-refractivity contribution in [1.29, 1.82) is 0 Å². The molecule has 3 heterocycles. The van der Waals surface area contributed by atoms with Gasteiger partial charge in [-0.15, -0.1) is 0 Å². The molecule has 1 atom stereocenters. The van der Waals surface area contributed by atoms with Crippen LogP contribution in [0.4, 0.5) is 0 Å². The van der Waals surface area contributed by atoms with Crippen LogP contribution in [0.1, 0.15) is 24.3 Å². The fourth-order valence-electron chi connectivity index (χ4n) is 2.60. The van der Waals surface area contributed by atoms with Gasteiger partial charge in [0.25, 0.3) is 5.91 Å². The molecule has 0 aliphatic carbocycles. The standard InChI is InChI=1S/C16H18N4O/c1-11(2)15-4-3-9-20(15)16(21)14-10-13(18-19-14)12-5-7-17-8-6-12/h3-8,10-11,15H,9H2,1-2H3,(H,18,19)/t15-/m1/s1. The summed E-state index contributed by atoms with van der Waals surface area (Å²) < 4.78 is 0. The number of hydrogen-bond donors (Lipinski definition) is 1.